The molecule has 0 saturated heterocycles. The van der Waals surface area contributed by atoms with E-state index in [-0.39, 0.29) is 17.8 Å². The van der Waals surface area contributed by atoms with Crippen molar-refractivity contribution in [3.05, 3.63) is 59.8 Å². The molecule has 7 nitrogen and oxygen atoms in total. The number of fused-ring (bicyclic) bond motifs is 1. The number of nitrogens with one attached hydrogen (secondary N) is 1. The molecule has 0 amide bonds. The van der Waals surface area contributed by atoms with Gasteiger partial charge in [0, 0.05) is 22.8 Å². The average Bonchev–Trinajstić information content (AvgIpc) is 3.20. The van der Waals surface area contributed by atoms with E-state index >= 15 is 0 Å². The van der Waals surface area contributed by atoms with Crippen molar-refractivity contribution in [3.63, 3.8) is 0 Å². The number of hydrogen-bond acceptors (Lipinski definition) is 7. The Hall–Kier alpha value is -3.26. The standard InChI is InChI=1S/C17H14N6OS/c1-10-3-2-4-11(7-10)15(24)23-16(18)21-17(22-23)20-13-5-6-14-12(8-13)9-19-25-14/h2-9H,1H3,(H3,18,20,21,22). The maximum Gasteiger partial charge on any atom is 0.281 e. The number of aryl methyl sites for hydroxylation is 1. The molecule has 2 aromatic carbocycles. The van der Waals surface area contributed by atoms with Crippen molar-refractivity contribution in [2.24, 2.45) is 0 Å². The van der Waals surface area contributed by atoms with Crippen LogP contribution in [0, 0.1) is 6.92 Å². The number of nitrogens with zero attached hydrogens (tertiary/aromatic N) is 4. The minimum absolute atomic E-state index is 0.0345. The van der Waals surface area contributed by atoms with Gasteiger partial charge in [0.1, 0.15) is 0 Å². The van der Waals surface area contributed by atoms with Crippen molar-refractivity contribution in [3.8, 4) is 0 Å². The molecule has 0 aliphatic heterocycles. The second kappa shape index (κ2) is 5.99. The lowest BCUT2D eigenvalue weighted by atomic mass is 10.1. The first-order valence-electron chi connectivity index (χ1n) is 7.55. The lowest BCUT2D eigenvalue weighted by Crippen LogP contribution is -2.16. The molecule has 0 unspecified atom stereocenters. The molecule has 0 fully saturated rings. The monoisotopic (exact) mass is 350 g/mol. The fourth-order valence-electron chi connectivity index (χ4n) is 2.51. The zero-order valence-corrected chi connectivity index (χ0v) is 14.1. The summed E-state index contributed by atoms with van der Waals surface area (Å²) in [4.78, 5) is 16.7. The highest BCUT2D eigenvalue weighted by Crippen LogP contribution is 2.23. The smallest absolute Gasteiger partial charge is 0.281 e. The Morgan fingerprint density at radius 2 is 2.12 bits per heavy atom. The second-order valence-electron chi connectivity index (χ2n) is 5.58. The molecule has 8 heteroatoms. The van der Waals surface area contributed by atoms with Crippen molar-refractivity contribution in [1.29, 1.82) is 0 Å². The number of rotatable bonds is 3. The van der Waals surface area contributed by atoms with Gasteiger partial charge in [-0.15, -0.1) is 5.10 Å². The van der Waals surface area contributed by atoms with Gasteiger partial charge in [0.25, 0.3) is 5.91 Å². The van der Waals surface area contributed by atoms with Crippen LogP contribution < -0.4 is 11.1 Å². The van der Waals surface area contributed by atoms with Crippen LogP contribution in [0.25, 0.3) is 10.1 Å². The van der Waals surface area contributed by atoms with Gasteiger partial charge in [-0.1, -0.05) is 17.7 Å². The summed E-state index contributed by atoms with van der Waals surface area (Å²) < 4.78 is 6.34. The van der Waals surface area contributed by atoms with Crippen LogP contribution in [-0.2, 0) is 0 Å². The number of benzene rings is 2. The number of anilines is 3. The van der Waals surface area contributed by atoms with Crippen LogP contribution in [0.5, 0.6) is 0 Å². The lowest BCUT2D eigenvalue weighted by molar-refractivity contribution is 0.0948. The summed E-state index contributed by atoms with van der Waals surface area (Å²) in [5, 5.41) is 8.28. The highest BCUT2D eigenvalue weighted by atomic mass is 32.1. The summed E-state index contributed by atoms with van der Waals surface area (Å²) in [6, 6.07) is 13.1. The molecule has 3 N–H and O–H groups in total. The van der Waals surface area contributed by atoms with Gasteiger partial charge < -0.3 is 11.1 Å². The molecule has 0 saturated carbocycles. The molecule has 0 atom stereocenters. The zero-order valence-electron chi connectivity index (χ0n) is 13.3. The number of nitrogen functional groups attached to an aromatic ring is 1. The van der Waals surface area contributed by atoms with Gasteiger partial charge >= 0.3 is 0 Å². The third-order valence-corrected chi connectivity index (χ3v) is 4.48. The van der Waals surface area contributed by atoms with E-state index in [1.165, 1.54) is 11.5 Å². The Morgan fingerprint density at radius 1 is 1.24 bits per heavy atom. The van der Waals surface area contributed by atoms with Gasteiger partial charge in [0.05, 0.1) is 4.70 Å². The molecule has 2 aromatic heterocycles. The minimum Gasteiger partial charge on any atom is -0.368 e. The highest BCUT2D eigenvalue weighted by molar-refractivity contribution is 7.13. The van der Waals surface area contributed by atoms with Gasteiger partial charge in [-0.3, -0.25) is 4.79 Å². The molecule has 25 heavy (non-hydrogen) atoms. The highest BCUT2D eigenvalue weighted by Gasteiger charge is 2.16. The maximum atomic E-state index is 12.6. The predicted octanol–water partition coefficient (Wildman–Crippen LogP) is 3.21. The van der Waals surface area contributed by atoms with Crippen LogP contribution in [0.1, 0.15) is 15.9 Å². The first-order chi connectivity index (χ1) is 12.1. The fourth-order valence-corrected chi connectivity index (χ4v) is 3.13. The van der Waals surface area contributed by atoms with Crippen molar-refractivity contribution >= 4 is 45.1 Å². The van der Waals surface area contributed by atoms with E-state index in [4.69, 9.17) is 5.73 Å². The Labute approximate surface area is 147 Å². The van der Waals surface area contributed by atoms with Crippen molar-refractivity contribution in [1.82, 2.24) is 19.1 Å². The van der Waals surface area contributed by atoms with Gasteiger partial charge in [-0.25, -0.2) is 0 Å². The summed E-state index contributed by atoms with van der Waals surface area (Å²) in [5.41, 5.74) is 8.16. The Balaban J connectivity index is 1.62. The quantitative estimate of drug-likeness (QED) is 0.589. The predicted molar refractivity (Wildman–Crippen MR) is 98.2 cm³/mol. The van der Waals surface area contributed by atoms with E-state index < -0.39 is 0 Å². The number of carbonyl (C=O) groups is 1. The zero-order chi connectivity index (χ0) is 17.4. The molecule has 4 aromatic rings. The maximum absolute atomic E-state index is 12.6. The summed E-state index contributed by atoms with van der Waals surface area (Å²) in [7, 11) is 0. The lowest BCUT2D eigenvalue weighted by Gasteiger charge is -2.03. The Bertz CT molecular complexity index is 1080. The SMILES string of the molecule is Cc1cccc(C(=O)n2nc(Nc3ccc4sncc4c3)nc2N)c1. The summed E-state index contributed by atoms with van der Waals surface area (Å²) in [6.45, 7) is 1.92. The van der Waals surface area contributed by atoms with Gasteiger partial charge in [0.2, 0.25) is 11.9 Å². The second-order valence-corrected chi connectivity index (χ2v) is 6.42. The fraction of sp³-hybridized carbons (Fsp3) is 0.0588. The van der Waals surface area contributed by atoms with E-state index in [1.54, 1.807) is 18.3 Å². The number of carbonyl (C=O) groups excluding carboxylic acids is 1. The summed E-state index contributed by atoms with van der Waals surface area (Å²) in [5.74, 6) is -0.0208. The van der Waals surface area contributed by atoms with E-state index in [0.717, 1.165) is 26.0 Å². The average molecular weight is 350 g/mol. The van der Waals surface area contributed by atoms with Crippen molar-refractivity contribution in [2.45, 2.75) is 6.92 Å². The van der Waals surface area contributed by atoms with Crippen LogP contribution in [0.15, 0.2) is 48.7 Å². The van der Waals surface area contributed by atoms with E-state index in [2.05, 4.69) is 19.8 Å². The van der Waals surface area contributed by atoms with E-state index in [9.17, 15) is 4.79 Å². The van der Waals surface area contributed by atoms with E-state index in [1.807, 2.05) is 37.3 Å². The molecular formula is C17H14N6OS. The van der Waals surface area contributed by atoms with E-state index in [0.29, 0.717) is 5.56 Å². The van der Waals surface area contributed by atoms with Crippen LogP contribution in [-0.4, -0.2) is 25.0 Å². The molecule has 2 heterocycles. The molecular weight excluding hydrogens is 336 g/mol. The third kappa shape index (κ3) is 2.94. The van der Waals surface area contributed by atoms with Crippen LogP contribution in [0.4, 0.5) is 17.6 Å². The van der Waals surface area contributed by atoms with Gasteiger partial charge in [0.15, 0.2) is 0 Å². The molecule has 4 rings (SSSR count). The van der Waals surface area contributed by atoms with Gasteiger partial charge in [-0.2, -0.15) is 14.0 Å². The molecule has 0 radical (unpaired) electrons. The molecule has 124 valence electrons. The Morgan fingerprint density at radius 3 is 2.96 bits per heavy atom. The van der Waals surface area contributed by atoms with Gasteiger partial charge in [-0.05, 0) is 48.8 Å². The van der Waals surface area contributed by atoms with Crippen LogP contribution in [0.2, 0.25) is 0 Å². The Kier molecular flexibility index (Phi) is 3.66. The third-order valence-electron chi connectivity index (χ3n) is 3.70. The molecule has 0 aliphatic rings. The van der Waals surface area contributed by atoms with Crippen LogP contribution >= 0.6 is 11.5 Å². The first-order valence-corrected chi connectivity index (χ1v) is 8.33. The molecule has 0 spiro atoms. The summed E-state index contributed by atoms with van der Waals surface area (Å²) in [6.07, 6.45) is 1.80. The first kappa shape index (κ1) is 15.3. The topological polar surface area (TPSA) is 98.7 Å². The normalized spacial score (nSPS) is 10.9. The molecule has 0 aliphatic carbocycles. The largest absolute Gasteiger partial charge is 0.368 e. The van der Waals surface area contributed by atoms with Crippen LogP contribution in [0.3, 0.4) is 0 Å². The number of aromatic nitrogens is 4. The molecule has 0 bridgehead atoms. The van der Waals surface area contributed by atoms with Crippen molar-refractivity contribution in [2.75, 3.05) is 11.1 Å². The minimum atomic E-state index is -0.320. The summed E-state index contributed by atoms with van der Waals surface area (Å²) >= 11 is 1.43. The number of nitrogens with two attached hydrogens (primary N) is 1. The number of hydrogen-bond donors (Lipinski definition) is 2. The van der Waals surface area contributed by atoms with Crippen molar-refractivity contribution < 1.29 is 4.79 Å².